The minimum atomic E-state index is -4.81. The van der Waals surface area contributed by atoms with E-state index in [2.05, 4.69) is 136 Å². The smallest absolute Gasteiger partial charge is 0.417 e. The molecule has 14 heterocycles. The molecular weight excluding hydrogens is 1870 g/mol. The maximum Gasteiger partial charge on any atom is 0.417 e. The Morgan fingerprint density at radius 3 is 1.27 bits per heavy atom. The molecule has 0 aliphatic carbocycles. The third-order valence-corrected chi connectivity index (χ3v) is 23.6. The molecule has 0 atom stereocenters. The molecule has 5 aliphatic heterocycles. The number of carbonyl (C=O) groups is 8. The lowest BCUT2D eigenvalue weighted by Gasteiger charge is -2.34. The van der Waals surface area contributed by atoms with Crippen LogP contribution < -0.4 is 51.9 Å². The summed E-state index contributed by atoms with van der Waals surface area (Å²) in [6, 6.07) is 22.3. The summed E-state index contributed by atoms with van der Waals surface area (Å²) < 4.78 is 152. The fourth-order valence-corrected chi connectivity index (χ4v) is 16.5. The van der Waals surface area contributed by atoms with Crippen molar-refractivity contribution in [3.8, 4) is 46.0 Å². The number of hydrogen-bond donors (Lipinski definition) is 7. The molecule has 0 unspecified atom stereocenters. The minimum Gasteiger partial charge on any atom is -0.453 e. The number of fused-ring (bicyclic) bond motifs is 3. The van der Waals surface area contributed by atoms with Gasteiger partial charge in [0.1, 0.15) is 34.0 Å². The third kappa shape index (κ3) is 26.6. The summed E-state index contributed by atoms with van der Waals surface area (Å²) in [5.74, 6) is 3.58. The van der Waals surface area contributed by atoms with Crippen LogP contribution in [0.15, 0.2) is 147 Å². The Morgan fingerprint density at radius 2 is 0.866 bits per heavy atom. The Morgan fingerprint density at radius 1 is 0.472 bits per heavy atom. The van der Waals surface area contributed by atoms with E-state index in [0.717, 1.165) is 131 Å². The van der Waals surface area contributed by atoms with Crippen LogP contribution in [-0.4, -0.2) is 265 Å². The molecule has 0 bridgehead atoms. The van der Waals surface area contributed by atoms with Crippen molar-refractivity contribution >= 4 is 111 Å². The monoisotopic (exact) mass is 1970 g/mol. The van der Waals surface area contributed by atoms with Gasteiger partial charge < -0.3 is 64.7 Å². The van der Waals surface area contributed by atoms with Crippen LogP contribution in [0.3, 0.4) is 0 Å². The topological polar surface area (TPSA) is 410 Å². The summed E-state index contributed by atoms with van der Waals surface area (Å²) >= 11 is 0. The number of hydrogen-bond acceptors (Lipinski definition) is 27. The lowest BCUT2D eigenvalue weighted by Crippen LogP contribution is -2.50. The van der Waals surface area contributed by atoms with E-state index in [1.807, 2.05) is 47.4 Å². The predicted octanol–water partition coefficient (Wildman–Crippen LogP) is 12.5. The van der Waals surface area contributed by atoms with Crippen molar-refractivity contribution < 1.29 is 96.8 Å². The quantitative estimate of drug-likeness (QED) is 0.00870. The summed E-state index contributed by atoms with van der Waals surface area (Å²) in [5, 5.41) is 31.3. The summed E-state index contributed by atoms with van der Waals surface area (Å²) in [7, 11) is 2.20. The molecule has 0 spiro atoms. The molecule has 5 fully saturated rings. The Labute approximate surface area is 807 Å². The number of aromatic nitrogens is 12. The average molecular weight is 1970 g/mol. The third-order valence-electron chi connectivity index (χ3n) is 23.6. The Bertz CT molecular complexity index is 6490. The van der Waals surface area contributed by atoms with Crippen LogP contribution in [0, 0.1) is 11.8 Å². The fraction of sp³-hybridized carbons (Fsp3) is 0.379. The fourth-order valence-electron chi connectivity index (χ4n) is 16.5. The van der Waals surface area contributed by atoms with E-state index in [4.69, 9.17) is 9.47 Å². The van der Waals surface area contributed by atoms with Crippen LogP contribution in [0.2, 0.25) is 0 Å². The van der Waals surface area contributed by atoms with E-state index in [1.54, 1.807) is 75.5 Å². The first-order chi connectivity index (χ1) is 68.2. The molecule has 7 N–H and O–H groups in total. The van der Waals surface area contributed by atoms with Crippen molar-refractivity contribution in [2.24, 2.45) is 0 Å². The van der Waals surface area contributed by atoms with Gasteiger partial charge in [0.25, 0.3) is 11.8 Å². The van der Waals surface area contributed by atoms with Gasteiger partial charge in [-0.1, -0.05) is 31.2 Å². The number of nitrogens with zero attached hydrogens (tertiary/aromatic N) is 19. The van der Waals surface area contributed by atoms with Gasteiger partial charge in [-0.25, -0.2) is 57.8 Å². The maximum absolute atomic E-state index is 14.3. The van der Waals surface area contributed by atoms with Crippen LogP contribution in [0.5, 0.6) is 0 Å². The van der Waals surface area contributed by atoms with Gasteiger partial charge in [-0.3, -0.25) is 49.7 Å². The van der Waals surface area contributed by atoms with Gasteiger partial charge in [0.2, 0.25) is 17.7 Å². The molecule has 5 aliphatic rings. The highest BCUT2D eigenvalue weighted by Crippen LogP contribution is 2.43. The molecule has 0 radical (unpaired) electrons. The number of ether oxygens (including phenoxy) is 4. The second kappa shape index (κ2) is 46.6. The van der Waals surface area contributed by atoms with Gasteiger partial charge in [0.15, 0.2) is 34.9 Å². The number of carbonyl (C=O) groups excluding carboxylic acids is 8. The van der Waals surface area contributed by atoms with Crippen molar-refractivity contribution in [2.45, 2.75) is 97.0 Å². The normalized spacial score (nSPS) is 14.9. The molecule has 2 aromatic carbocycles. The highest BCUT2D eigenvalue weighted by molar-refractivity contribution is 6.01. The highest BCUT2D eigenvalue weighted by atomic mass is 19.4. The van der Waals surface area contributed by atoms with Crippen LogP contribution in [-0.2, 0) is 82.7 Å². The molecule has 0 saturated carbocycles. The summed E-state index contributed by atoms with van der Waals surface area (Å²) in [4.78, 5) is 135. The number of morpholine rings is 1. The Balaban J connectivity index is 0.000000169. The van der Waals surface area contributed by atoms with Gasteiger partial charge in [-0.15, -0.1) is 15.3 Å². The number of methoxy groups -OCH3 is 2. The first-order valence-corrected chi connectivity index (χ1v) is 45.6. The summed E-state index contributed by atoms with van der Waals surface area (Å²) in [6.07, 6.45) is 0.216. The summed E-state index contributed by atoms with van der Waals surface area (Å²) in [6.45, 7) is 21.3. The second-order valence-corrected chi connectivity index (χ2v) is 33.3. The van der Waals surface area contributed by atoms with E-state index >= 15 is 0 Å². The van der Waals surface area contributed by atoms with Crippen LogP contribution in [0.4, 0.5) is 100 Å². The number of halogens is 9. The Kier molecular flexibility index (Phi) is 33.6. The number of pyridine rings is 3. The number of rotatable bonds is 26. The van der Waals surface area contributed by atoms with Gasteiger partial charge in [0.05, 0.1) is 74.0 Å². The summed E-state index contributed by atoms with van der Waals surface area (Å²) in [5.41, 5.74) is 3.39. The second-order valence-electron chi connectivity index (χ2n) is 33.3. The number of piperidine rings is 2. The molecule has 8 amide bonds. The lowest BCUT2D eigenvalue weighted by atomic mass is 10.1. The molecule has 38 nitrogen and oxygen atoms in total. The molecule has 748 valence electrons. The SMILES string of the molecule is C=CC(=O)Nc1ccc(C(=O)N2CCN(Cc3cc4c(N5CCOCC5)nc(-c5cnc(NC(=O)OC)cc5C(F)(F)F)nn4c3)CC2)cc1.C=CC(=O)Nc1ccc(CCNCc2cc3c(N4CCCCC4)nc(-c4cnc(NC(=O)OC)cc4C(F)(F)F)nn3c2)cc1.CC#CC(=O)NCC(=O)N1CCN(Cc2cc3c(N4CCCCC4)nc(-c4cnc(NC(=O)OCC)cc4C(F)(F)F)nn3c2)CC1. The predicted molar refractivity (Wildman–Crippen MR) is 507 cm³/mol. The van der Waals surface area contributed by atoms with E-state index in [0.29, 0.717) is 169 Å². The molecule has 16 rings (SSSR count). The van der Waals surface area contributed by atoms with E-state index in [1.165, 1.54) is 16.7 Å². The molecule has 47 heteroatoms. The number of benzene rings is 2. The first kappa shape index (κ1) is 102. The zero-order valence-corrected chi connectivity index (χ0v) is 77.9. The number of alkyl halides is 9. The van der Waals surface area contributed by atoms with Crippen molar-refractivity contribution in [1.29, 1.82) is 0 Å². The number of anilines is 8. The number of amides is 8. The van der Waals surface area contributed by atoms with Gasteiger partial charge in [0, 0.05) is 165 Å². The van der Waals surface area contributed by atoms with Crippen molar-refractivity contribution in [2.75, 3.05) is 180 Å². The highest BCUT2D eigenvalue weighted by Gasteiger charge is 2.40. The number of nitrogens with one attached hydrogen (secondary N) is 7. The van der Waals surface area contributed by atoms with Crippen LogP contribution in [0.25, 0.3) is 50.7 Å². The van der Waals surface area contributed by atoms with Gasteiger partial charge >= 0.3 is 36.8 Å². The van der Waals surface area contributed by atoms with Crippen molar-refractivity contribution in [3.05, 3.63) is 192 Å². The van der Waals surface area contributed by atoms with Crippen molar-refractivity contribution in [1.82, 2.24) is 89.0 Å². The number of piperazine rings is 2. The van der Waals surface area contributed by atoms with E-state index < -0.39 is 59.4 Å². The molecule has 142 heavy (non-hydrogen) atoms. The van der Waals surface area contributed by atoms with Crippen LogP contribution in [0.1, 0.15) is 102 Å². The first-order valence-electron chi connectivity index (χ1n) is 45.6. The zero-order valence-electron chi connectivity index (χ0n) is 77.9. The van der Waals surface area contributed by atoms with E-state index in [-0.39, 0.29) is 88.4 Å². The molecule has 11 aromatic rings. The van der Waals surface area contributed by atoms with Gasteiger partial charge in [-0.05, 0) is 178 Å². The Hall–Kier alpha value is -15.4. The van der Waals surface area contributed by atoms with E-state index in [9.17, 15) is 77.9 Å². The maximum atomic E-state index is 14.3. The molecule has 5 saturated heterocycles. The largest absolute Gasteiger partial charge is 0.453 e. The van der Waals surface area contributed by atoms with Gasteiger partial charge in [-0.2, -0.15) is 39.5 Å². The minimum absolute atomic E-state index is 0.0499. The lowest BCUT2D eigenvalue weighted by molar-refractivity contribution is -0.137. The average Bonchev–Trinajstić information content (AvgIpc) is 1.55. The van der Waals surface area contributed by atoms with Crippen molar-refractivity contribution in [3.63, 3.8) is 0 Å². The molecular formula is C95H103F9N26O12. The van der Waals surface area contributed by atoms with Crippen LogP contribution >= 0.6 is 0 Å². The zero-order chi connectivity index (χ0) is 101. The standard InChI is InChI=1S/C33H34F3N9O5.C31H36F3N9O4.C31H33F3N8O3/c1-3-28(46)38-23-6-4-22(5-7-23)31(47)44-10-8-42(9-11-44)19-21-16-26-30(43-12-14-50-15-13-43)40-29(41-45(26)20-21)24-18-37-27(39-32(48)49-2)17-25(24)33(34,35)36;1-3-8-26(44)36-18-27(45)41-13-11-40(12-14-41)19-21-15-24-29(42-9-6-5-7-10-42)38-28(39-43(24)20-21)22-17-35-25(37-30(46)47-4-2)16-23(22)31(32,33)34;1-3-27(43)37-22-9-7-20(8-10-22)11-12-35-17-21-15-25-29(41-13-5-4-6-14-41)39-28(40-42(25)19-21)23-18-36-26(38-30(44)45-2)16-24(23)31(32,33)34/h3-7,16-18,20H,1,8-15,19H2,2H3,(H,38,46)(H,37,39,48);15-17,20H,4-7,9-14,18-19H2,1-2H3,(H,36,44)(H,35,37,46);3,7-10,15-16,18-19,35H,1,4-6,11-14,17H2,2H3,(H,37,43)(H,36,38,44). The molecule has 9 aromatic heterocycles.